The number of esters is 1. The maximum atomic E-state index is 14.2. The molecule has 0 aliphatic heterocycles. The summed E-state index contributed by atoms with van der Waals surface area (Å²) < 4.78 is 58.2. The molecule has 16 heteroatoms. The van der Waals surface area contributed by atoms with Crippen LogP contribution >= 0.6 is 0 Å². The van der Waals surface area contributed by atoms with E-state index in [1.54, 1.807) is 91.0 Å². The molecule has 0 spiro atoms. The predicted molar refractivity (Wildman–Crippen MR) is 207 cm³/mol. The fourth-order valence-electron chi connectivity index (χ4n) is 5.60. The van der Waals surface area contributed by atoms with E-state index >= 15 is 0 Å². The molecule has 58 heavy (non-hydrogen) atoms. The number of hydrogen-bond donors (Lipinski definition) is 5. The lowest BCUT2D eigenvalue weighted by molar-refractivity contribution is -0.165. The molecular formula is C42H46F3N5O8. The van der Waals surface area contributed by atoms with E-state index in [9.17, 15) is 37.1 Å². The van der Waals surface area contributed by atoms with Crippen molar-refractivity contribution >= 4 is 29.8 Å². The number of alkyl halides is 3. The number of nitrogens with one attached hydrogen (secondary N) is 5. The molecule has 4 aromatic carbocycles. The number of benzene rings is 4. The molecule has 0 aromatic heterocycles. The van der Waals surface area contributed by atoms with E-state index in [1.807, 2.05) is 35.1 Å². The van der Waals surface area contributed by atoms with Crippen molar-refractivity contribution in [2.75, 3.05) is 13.7 Å². The average Bonchev–Trinajstić information content (AvgIpc) is 3.21. The van der Waals surface area contributed by atoms with Gasteiger partial charge in [-0.25, -0.2) is 15.0 Å². The summed E-state index contributed by atoms with van der Waals surface area (Å²) in [5.74, 6) is -2.54. The number of halogens is 3. The molecule has 0 fully saturated rings. The molecule has 4 aromatic rings. The van der Waals surface area contributed by atoms with E-state index in [0.717, 1.165) is 12.7 Å². The summed E-state index contributed by atoms with van der Waals surface area (Å²) >= 11 is 0. The Hall–Kier alpha value is -6.42. The first-order valence-corrected chi connectivity index (χ1v) is 18.5. The van der Waals surface area contributed by atoms with Crippen molar-refractivity contribution in [2.45, 2.75) is 69.4 Å². The number of ether oxygens (including phenoxy) is 3. The SMILES string of the molecule is COC(=O)[C@H](Cc1ccccc1)NC(=O)CC(NNC(=O)[C@H](CCCCNC(=O)OCc1ccccc1)NC(=O)Cc1cccc(Oc2ccccc2)c1)C(F)(F)F. The summed E-state index contributed by atoms with van der Waals surface area (Å²) in [6, 6.07) is 28.1. The van der Waals surface area contributed by atoms with Crippen LogP contribution in [0.1, 0.15) is 42.4 Å². The molecule has 3 atom stereocenters. The number of para-hydroxylation sites is 1. The molecule has 0 aliphatic rings. The normalized spacial score (nSPS) is 12.6. The Morgan fingerprint density at radius 3 is 1.95 bits per heavy atom. The molecule has 4 amide bonds. The van der Waals surface area contributed by atoms with Gasteiger partial charge in [0.05, 0.1) is 20.0 Å². The molecule has 0 saturated carbocycles. The van der Waals surface area contributed by atoms with Crippen LogP contribution in [0, 0.1) is 0 Å². The third kappa shape index (κ3) is 16.0. The van der Waals surface area contributed by atoms with Gasteiger partial charge in [0.15, 0.2) is 0 Å². The van der Waals surface area contributed by atoms with Crippen LogP contribution in [-0.2, 0) is 48.1 Å². The zero-order chi connectivity index (χ0) is 41.8. The maximum absolute atomic E-state index is 14.2. The Labute approximate surface area is 334 Å². The van der Waals surface area contributed by atoms with Crippen LogP contribution in [-0.4, -0.2) is 67.7 Å². The molecular weight excluding hydrogens is 759 g/mol. The molecule has 0 aliphatic carbocycles. The molecule has 0 saturated heterocycles. The molecule has 0 bridgehead atoms. The predicted octanol–water partition coefficient (Wildman–Crippen LogP) is 5.45. The molecule has 308 valence electrons. The molecule has 13 nitrogen and oxygen atoms in total. The minimum absolute atomic E-state index is 0.0192. The summed E-state index contributed by atoms with van der Waals surface area (Å²) in [6.45, 7) is 0.222. The van der Waals surface area contributed by atoms with Crippen LogP contribution in [0.25, 0.3) is 0 Å². The van der Waals surface area contributed by atoms with Gasteiger partial charge in [0, 0.05) is 13.0 Å². The standard InChI is InChI=1S/C42H46F3N5O8/c1-56-40(54)35(25-29-14-5-2-6-15-29)48-38(52)27-36(42(43,44)45)49-50-39(53)34(22-11-12-23-46-41(55)57-28-30-16-7-3-8-17-30)47-37(51)26-31-18-13-21-33(24-31)58-32-19-9-4-10-20-32/h2-10,13-21,24,34-36,49H,11-12,22-23,25-28H2,1H3,(H,46,55)(H,47,51)(H,48,52)(H,50,53)/t34-,35-,36?/m0/s1. The van der Waals surface area contributed by atoms with Crippen molar-refractivity contribution in [3.8, 4) is 11.5 Å². The highest BCUT2D eigenvalue weighted by molar-refractivity contribution is 5.88. The smallest absolute Gasteiger partial charge is 0.407 e. The van der Waals surface area contributed by atoms with Gasteiger partial charge in [-0.15, -0.1) is 0 Å². The van der Waals surface area contributed by atoms with E-state index in [2.05, 4.69) is 16.0 Å². The highest BCUT2D eigenvalue weighted by Crippen LogP contribution is 2.23. The number of carbonyl (C=O) groups excluding carboxylic acids is 5. The zero-order valence-corrected chi connectivity index (χ0v) is 31.8. The Balaban J connectivity index is 1.36. The number of amides is 4. The van der Waals surface area contributed by atoms with Gasteiger partial charge in [-0.1, -0.05) is 91.0 Å². The van der Waals surface area contributed by atoms with Gasteiger partial charge < -0.3 is 30.2 Å². The van der Waals surface area contributed by atoms with E-state index in [4.69, 9.17) is 14.2 Å². The van der Waals surface area contributed by atoms with Crippen molar-refractivity contribution in [2.24, 2.45) is 0 Å². The van der Waals surface area contributed by atoms with Crippen molar-refractivity contribution in [3.05, 3.63) is 132 Å². The second kappa shape index (κ2) is 23.0. The topological polar surface area (TPSA) is 173 Å². The molecule has 1 unspecified atom stereocenters. The van der Waals surface area contributed by atoms with Crippen LogP contribution in [0.4, 0.5) is 18.0 Å². The maximum Gasteiger partial charge on any atom is 0.407 e. The van der Waals surface area contributed by atoms with Crippen molar-refractivity contribution in [3.63, 3.8) is 0 Å². The van der Waals surface area contributed by atoms with Crippen LogP contribution in [0.15, 0.2) is 115 Å². The third-order valence-corrected chi connectivity index (χ3v) is 8.55. The van der Waals surface area contributed by atoms with Gasteiger partial charge in [-0.05, 0) is 60.2 Å². The summed E-state index contributed by atoms with van der Waals surface area (Å²) in [5, 5.41) is 7.48. The Morgan fingerprint density at radius 2 is 1.29 bits per heavy atom. The fourth-order valence-corrected chi connectivity index (χ4v) is 5.60. The Kier molecular flexibility index (Phi) is 17.5. The van der Waals surface area contributed by atoms with Gasteiger partial charge in [0.2, 0.25) is 11.8 Å². The van der Waals surface area contributed by atoms with Gasteiger partial charge in [0.25, 0.3) is 5.91 Å². The lowest BCUT2D eigenvalue weighted by Gasteiger charge is -2.25. The van der Waals surface area contributed by atoms with E-state index in [1.165, 1.54) is 0 Å². The summed E-state index contributed by atoms with van der Waals surface area (Å²) in [4.78, 5) is 63.9. The number of hydrogen-bond acceptors (Lipinski definition) is 9. The Bertz CT molecular complexity index is 1920. The number of rotatable bonds is 21. The number of hydrazine groups is 1. The summed E-state index contributed by atoms with van der Waals surface area (Å²) in [6.07, 6.45) is -6.51. The molecule has 0 radical (unpaired) electrons. The van der Waals surface area contributed by atoms with Gasteiger partial charge in [-0.2, -0.15) is 13.2 Å². The van der Waals surface area contributed by atoms with Crippen molar-refractivity contribution in [1.82, 2.24) is 26.8 Å². The quantitative estimate of drug-likeness (QED) is 0.0418. The zero-order valence-electron chi connectivity index (χ0n) is 31.8. The largest absolute Gasteiger partial charge is 0.467 e. The lowest BCUT2D eigenvalue weighted by atomic mass is 10.1. The number of methoxy groups -OCH3 is 1. The fraction of sp³-hybridized carbons (Fsp3) is 0.310. The van der Waals surface area contributed by atoms with Crippen LogP contribution in [0.5, 0.6) is 11.5 Å². The van der Waals surface area contributed by atoms with Crippen LogP contribution in [0.3, 0.4) is 0 Å². The minimum atomic E-state index is -5.02. The third-order valence-electron chi connectivity index (χ3n) is 8.55. The van der Waals surface area contributed by atoms with Gasteiger partial charge in [0.1, 0.15) is 36.2 Å². The first kappa shape index (κ1) is 44.3. The van der Waals surface area contributed by atoms with E-state index in [-0.39, 0.29) is 38.8 Å². The second-order valence-electron chi connectivity index (χ2n) is 13.1. The Morgan fingerprint density at radius 1 is 0.690 bits per heavy atom. The summed E-state index contributed by atoms with van der Waals surface area (Å²) in [7, 11) is 1.09. The minimum Gasteiger partial charge on any atom is -0.467 e. The van der Waals surface area contributed by atoms with E-state index < -0.39 is 60.5 Å². The van der Waals surface area contributed by atoms with Gasteiger partial charge >= 0.3 is 18.2 Å². The molecule has 0 heterocycles. The highest BCUT2D eigenvalue weighted by atomic mass is 19.4. The number of carbonyl (C=O) groups is 5. The number of unbranched alkanes of at least 4 members (excludes halogenated alkanes) is 1. The average molecular weight is 806 g/mol. The van der Waals surface area contributed by atoms with Crippen molar-refractivity contribution < 1.29 is 51.4 Å². The van der Waals surface area contributed by atoms with Crippen LogP contribution < -0.4 is 31.5 Å². The van der Waals surface area contributed by atoms with Crippen molar-refractivity contribution in [1.29, 1.82) is 0 Å². The first-order valence-electron chi connectivity index (χ1n) is 18.5. The first-order chi connectivity index (χ1) is 27.9. The monoisotopic (exact) mass is 805 g/mol. The van der Waals surface area contributed by atoms with E-state index in [0.29, 0.717) is 29.0 Å². The summed E-state index contributed by atoms with van der Waals surface area (Å²) in [5.41, 5.74) is 5.88. The molecule has 4 rings (SSSR count). The van der Waals surface area contributed by atoms with Crippen LogP contribution in [0.2, 0.25) is 0 Å². The lowest BCUT2D eigenvalue weighted by Crippen LogP contribution is -2.58. The molecule has 5 N–H and O–H groups in total. The number of alkyl carbamates (subject to hydrolysis) is 1. The second-order valence-corrected chi connectivity index (χ2v) is 13.1. The highest BCUT2D eigenvalue weighted by Gasteiger charge is 2.42. The van der Waals surface area contributed by atoms with Gasteiger partial charge in [-0.3, -0.25) is 19.8 Å².